The van der Waals surface area contributed by atoms with Crippen LogP contribution in [0.5, 0.6) is 0 Å². The van der Waals surface area contributed by atoms with Crippen LogP contribution in [-0.4, -0.2) is 43.3 Å². The number of esters is 1. The molecule has 0 radical (unpaired) electrons. The molecule has 23 heavy (non-hydrogen) atoms. The number of carbonyl (C=O) groups excluding carboxylic acids is 1. The monoisotopic (exact) mass is 315 g/mol. The lowest BCUT2D eigenvalue weighted by Gasteiger charge is -2.32. The Morgan fingerprint density at radius 2 is 2.13 bits per heavy atom. The normalized spacial score (nSPS) is 25.2. The average molecular weight is 315 g/mol. The fourth-order valence-corrected chi connectivity index (χ4v) is 3.17. The average Bonchev–Trinajstić information content (AvgIpc) is 2.62. The molecular weight excluding hydrogens is 290 g/mol. The zero-order valence-corrected chi connectivity index (χ0v) is 13.5. The van der Waals surface area contributed by atoms with Gasteiger partial charge in [0.25, 0.3) is 0 Å². The fraction of sp³-hybridized carbons (Fsp3) is 0.526. The molecule has 4 nitrogen and oxygen atoms in total. The maximum Gasteiger partial charge on any atom is 0.309 e. The van der Waals surface area contributed by atoms with Gasteiger partial charge in [-0.25, -0.2) is 0 Å². The first-order chi connectivity index (χ1) is 11.3. The van der Waals surface area contributed by atoms with E-state index in [4.69, 9.17) is 9.47 Å². The second-order valence-corrected chi connectivity index (χ2v) is 6.32. The standard InChI is InChI=1S/C19H25NO3/c21-19(17-9-5-2-6-10-17)23-15-18-14-20(11-12-22-18)13-16-7-3-1-4-8-16/h1-5,7-8,17-18H,6,9-15H2. The summed E-state index contributed by atoms with van der Waals surface area (Å²) in [6.45, 7) is 3.72. The Morgan fingerprint density at radius 1 is 1.26 bits per heavy atom. The Labute approximate surface area is 138 Å². The highest BCUT2D eigenvalue weighted by atomic mass is 16.6. The molecule has 2 aliphatic rings. The van der Waals surface area contributed by atoms with Crippen molar-refractivity contribution in [1.29, 1.82) is 0 Å². The molecule has 1 aliphatic heterocycles. The molecule has 0 aromatic heterocycles. The smallest absolute Gasteiger partial charge is 0.309 e. The van der Waals surface area contributed by atoms with E-state index >= 15 is 0 Å². The van der Waals surface area contributed by atoms with E-state index in [1.54, 1.807) is 0 Å². The molecule has 0 bridgehead atoms. The van der Waals surface area contributed by atoms with Crippen LogP contribution < -0.4 is 0 Å². The summed E-state index contributed by atoms with van der Waals surface area (Å²) in [7, 11) is 0. The summed E-state index contributed by atoms with van der Waals surface area (Å²) >= 11 is 0. The van der Waals surface area contributed by atoms with Gasteiger partial charge < -0.3 is 9.47 Å². The van der Waals surface area contributed by atoms with Crippen molar-refractivity contribution in [3.8, 4) is 0 Å². The summed E-state index contributed by atoms with van der Waals surface area (Å²) in [5.41, 5.74) is 1.30. The molecular formula is C19H25NO3. The number of morpholine rings is 1. The predicted molar refractivity (Wildman–Crippen MR) is 88.9 cm³/mol. The van der Waals surface area contributed by atoms with Gasteiger partial charge in [0, 0.05) is 19.6 Å². The Hall–Kier alpha value is -1.65. The highest BCUT2D eigenvalue weighted by Gasteiger charge is 2.25. The third-order valence-electron chi connectivity index (χ3n) is 4.49. The number of benzene rings is 1. The Morgan fingerprint density at radius 3 is 2.91 bits per heavy atom. The minimum absolute atomic E-state index is 0.0180. The zero-order valence-electron chi connectivity index (χ0n) is 13.5. The van der Waals surface area contributed by atoms with Gasteiger partial charge >= 0.3 is 5.97 Å². The number of carbonyl (C=O) groups is 1. The van der Waals surface area contributed by atoms with Gasteiger partial charge in [0.15, 0.2) is 0 Å². The molecule has 1 heterocycles. The maximum atomic E-state index is 12.1. The first kappa shape index (κ1) is 16.2. The Kier molecular flexibility index (Phi) is 5.83. The molecule has 1 fully saturated rings. The van der Waals surface area contributed by atoms with Crippen molar-refractivity contribution in [2.45, 2.75) is 31.9 Å². The number of ether oxygens (including phenoxy) is 2. The van der Waals surface area contributed by atoms with E-state index in [1.165, 1.54) is 5.56 Å². The van der Waals surface area contributed by atoms with Gasteiger partial charge in [-0.05, 0) is 24.8 Å². The molecule has 124 valence electrons. The minimum Gasteiger partial charge on any atom is -0.463 e. The van der Waals surface area contributed by atoms with Crippen LogP contribution in [-0.2, 0) is 20.8 Å². The van der Waals surface area contributed by atoms with E-state index in [1.807, 2.05) is 6.07 Å². The van der Waals surface area contributed by atoms with Gasteiger partial charge in [-0.1, -0.05) is 42.5 Å². The molecule has 1 saturated heterocycles. The topological polar surface area (TPSA) is 38.8 Å². The number of rotatable bonds is 5. The third-order valence-corrected chi connectivity index (χ3v) is 4.49. The summed E-state index contributed by atoms with van der Waals surface area (Å²) in [6.07, 6.45) is 6.88. The summed E-state index contributed by atoms with van der Waals surface area (Å²) in [4.78, 5) is 14.4. The summed E-state index contributed by atoms with van der Waals surface area (Å²) in [5.74, 6) is -0.0397. The molecule has 1 aliphatic carbocycles. The quantitative estimate of drug-likeness (QED) is 0.619. The van der Waals surface area contributed by atoms with E-state index in [9.17, 15) is 4.79 Å². The SMILES string of the molecule is O=C(OCC1CN(Cc2ccccc2)CCO1)C1CC=CCC1. The first-order valence-corrected chi connectivity index (χ1v) is 8.51. The van der Waals surface area contributed by atoms with Crippen molar-refractivity contribution in [2.75, 3.05) is 26.3 Å². The maximum absolute atomic E-state index is 12.1. The number of hydrogen-bond acceptors (Lipinski definition) is 4. The van der Waals surface area contributed by atoms with Crippen LogP contribution >= 0.6 is 0 Å². The van der Waals surface area contributed by atoms with Gasteiger partial charge in [0.1, 0.15) is 12.7 Å². The van der Waals surface area contributed by atoms with Crippen molar-refractivity contribution in [3.05, 3.63) is 48.0 Å². The van der Waals surface area contributed by atoms with Gasteiger partial charge in [-0.15, -0.1) is 0 Å². The lowest BCUT2D eigenvalue weighted by atomic mass is 9.95. The molecule has 2 atom stereocenters. The van der Waals surface area contributed by atoms with Gasteiger partial charge in [-0.2, -0.15) is 0 Å². The fourth-order valence-electron chi connectivity index (χ4n) is 3.17. The predicted octanol–water partition coefficient (Wildman–Crippen LogP) is 2.79. The largest absolute Gasteiger partial charge is 0.463 e. The molecule has 1 aromatic carbocycles. The van der Waals surface area contributed by atoms with Crippen LogP contribution in [0, 0.1) is 5.92 Å². The van der Waals surface area contributed by atoms with Crippen LogP contribution in [0.15, 0.2) is 42.5 Å². The minimum atomic E-state index is -0.0712. The lowest BCUT2D eigenvalue weighted by molar-refractivity contribution is -0.155. The highest BCUT2D eigenvalue weighted by Crippen LogP contribution is 2.20. The van der Waals surface area contributed by atoms with E-state index in [2.05, 4.69) is 41.3 Å². The van der Waals surface area contributed by atoms with Crippen LogP contribution in [0.2, 0.25) is 0 Å². The van der Waals surface area contributed by atoms with Crippen LogP contribution in [0.4, 0.5) is 0 Å². The lowest BCUT2D eigenvalue weighted by Crippen LogP contribution is -2.44. The third kappa shape index (κ3) is 4.91. The summed E-state index contributed by atoms with van der Waals surface area (Å²) < 4.78 is 11.2. The second-order valence-electron chi connectivity index (χ2n) is 6.32. The highest BCUT2D eigenvalue weighted by molar-refractivity contribution is 5.72. The second kappa shape index (κ2) is 8.27. The van der Waals surface area contributed by atoms with E-state index in [0.717, 1.165) is 38.9 Å². The van der Waals surface area contributed by atoms with Crippen LogP contribution in [0.3, 0.4) is 0 Å². The summed E-state index contributed by atoms with van der Waals surface area (Å²) in [6, 6.07) is 10.4. The molecule has 2 unspecified atom stereocenters. The van der Waals surface area contributed by atoms with Crippen LogP contribution in [0.1, 0.15) is 24.8 Å². The van der Waals surface area contributed by atoms with Crippen molar-refractivity contribution < 1.29 is 14.3 Å². The number of allylic oxidation sites excluding steroid dienone is 2. The van der Waals surface area contributed by atoms with Gasteiger partial charge in [0.2, 0.25) is 0 Å². The molecule has 1 aromatic rings. The molecule has 0 amide bonds. The van der Waals surface area contributed by atoms with Crippen molar-refractivity contribution in [2.24, 2.45) is 5.92 Å². The molecule has 0 spiro atoms. The van der Waals surface area contributed by atoms with Crippen LogP contribution in [0.25, 0.3) is 0 Å². The van der Waals surface area contributed by atoms with E-state index in [-0.39, 0.29) is 18.0 Å². The zero-order chi connectivity index (χ0) is 15.9. The van der Waals surface area contributed by atoms with Gasteiger partial charge in [-0.3, -0.25) is 9.69 Å². The van der Waals surface area contributed by atoms with Gasteiger partial charge in [0.05, 0.1) is 12.5 Å². The van der Waals surface area contributed by atoms with Crippen molar-refractivity contribution in [1.82, 2.24) is 4.90 Å². The molecule has 0 N–H and O–H groups in total. The van der Waals surface area contributed by atoms with E-state index < -0.39 is 0 Å². The van der Waals surface area contributed by atoms with Crippen molar-refractivity contribution >= 4 is 5.97 Å². The number of hydrogen-bond donors (Lipinski definition) is 0. The van der Waals surface area contributed by atoms with E-state index in [0.29, 0.717) is 13.2 Å². The molecule has 4 heteroatoms. The Balaban J connectivity index is 1.43. The Bertz CT molecular complexity index is 529. The summed E-state index contributed by atoms with van der Waals surface area (Å²) in [5, 5.41) is 0. The molecule has 0 saturated carbocycles. The number of nitrogens with zero attached hydrogens (tertiary/aromatic N) is 1. The first-order valence-electron chi connectivity index (χ1n) is 8.51. The molecule has 3 rings (SSSR count). The van der Waals surface area contributed by atoms with Crippen molar-refractivity contribution in [3.63, 3.8) is 0 Å².